The monoisotopic (exact) mass is 258 g/mol. The first-order chi connectivity index (χ1) is 6.79. The highest BCUT2D eigenvalue weighted by molar-refractivity contribution is 9.09. The predicted molar refractivity (Wildman–Crippen MR) is 57.3 cm³/mol. The van der Waals surface area contributed by atoms with Crippen molar-refractivity contribution in [2.45, 2.75) is 18.4 Å². The molecule has 1 nitrogen and oxygen atoms in total. The smallest absolute Gasteiger partial charge is 0.123 e. The number of benzene rings is 1. The van der Waals surface area contributed by atoms with Crippen LogP contribution in [-0.2, 0) is 4.74 Å². The second kappa shape index (κ2) is 4.41. The molecule has 3 heteroatoms. The van der Waals surface area contributed by atoms with Gasteiger partial charge in [-0.15, -0.1) is 0 Å². The summed E-state index contributed by atoms with van der Waals surface area (Å²) in [5.74, 6) is 0.193. The van der Waals surface area contributed by atoms with E-state index in [0.29, 0.717) is 12.5 Å². The lowest BCUT2D eigenvalue weighted by Gasteiger charge is -2.07. The minimum atomic E-state index is -0.162. The first-order valence-electron chi connectivity index (χ1n) is 4.72. The third-order valence-electron chi connectivity index (χ3n) is 2.57. The van der Waals surface area contributed by atoms with E-state index in [4.69, 9.17) is 4.74 Å². The Morgan fingerprint density at radius 2 is 2.36 bits per heavy atom. The lowest BCUT2D eigenvalue weighted by atomic mass is 9.97. The van der Waals surface area contributed by atoms with E-state index in [1.54, 1.807) is 12.1 Å². The third kappa shape index (κ3) is 2.15. The van der Waals surface area contributed by atoms with Crippen LogP contribution < -0.4 is 0 Å². The summed E-state index contributed by atoms with van der Waals surface area (Å²) in [5, 5.41) is 0.860. The Bertz CT molecular complexity index is 316. The quantitative estimate of drug-likeness (QED) is 0.741. The molecule has 1 fully saturated rings. The molecule has 0 amide bonds. The molecule has 1 aliphatic heterocycles. The Morgan fingerprint density at radius 1 is 1.50 bits per heavy atom. The van der Waals surface area contributed by atoms with Gasteiger partial charge in [0.1, 0.15) is 5.82 Å². The molecule has 14 heavy (non-hydrogen) atoms. The Kier molecular flexibility index (Phi) is 3.19. The van der Waals surface area contributed by atoms with Crippen molar-refractivity contribution in [1.29, 1.82) is 0 Å². The van der Waals surface area contributed by atoms with E-state index >= 15 is 0 Å². The third-order valence-corrected chi connectivity index (χ3v) is 3.29. The maximum Gasteiger partial charge on any atom is 0.123 e. The molecule has 0 aliphatic carbocycles. The van der Waals surface area contributed by atoms with Crippen molar-refractivity contribution in [1.82, 2.24) is 0 Å². The van der Waals surface area contributed by atoms with E-state index in [1.165, 1.54) is 6.07 Å². The van der Waals surface area contributed by atoms with Crippen molar-refractivity contribution >= 4 is 15.9 Å². The van der Waals surface area contributed by atoms with Gasteiger partial charge in [0.05, 0.1) is 12.7 Å². The Hall–Kier alpha value is -0.410. The highest BCUT2D eigenvalue weighted by Crippen LogP contribution is 2.30. The van der Waals surface area contributed by atoms with E-state index in [9.17, 15) is 4.39 Å². The van der Waals surface area contributed by atoms with Gasteiger partial charge in [-0.05, 0) is 24.1 Å². The largest absolute Gasteiger partial charge is 0.377 e. The zero-order valence-corrected chi connectivity index (χ0v) is 9.34. The highest BCUT2D eigenvalue weighted by Gasteiger charge is 2.25. The molecule has 1 aromatic carbocycles. The molecule has 1 aliphatic rings. The highest BCUT2D eigenvalue weighted by atomic mass is 79.9. The predicted octanol–water partition coefficient (Wildman–Crippen LogP) is 3.09. The molecule has 0 spiro atoms. The number of hydrogen-bond acceptors (Lipinski definition) is 1. The van der Waals surface area contributed by atoms with Crippen LogP contribution in [-0.4, -0.2) is 18.0 Å². The molecule has 2 rings (SSSR count). The zero-order valence-electron chi connectivity index (χ0n) is 7.75. The van der Waals surface area contributed by atoms with Gasteiger partial charge in [-0.1, -0.05) is 28.1 Å². The number of alkyl halides is 1. The zero-order chi connectivity index (χ0) is 9.97. The van der Waals surface area contributed by atoms with Crippen LogP contribution in [0.25, 0.3) is 0 Å². The summed E-state index contributed by atoms with van der Waals surface area (Å²) in [6, 6.07) is 6.80. The summed E-state index contributed by atoms with van der Waals surface area (Å²) in [5.41, 5.74) is 1.05. The number of hydrogen-bond donors (Lipinski definition) is 0. The summed E-state index contributed by atoms with van der Waals surface area (Å²) < 4.78 is 18.5. The van der Waals surface area contributed by atoms with E-state index in [1.807, 2.05) is 6.07 Å². The molecule has 0 aromatic heterocycles. The van der Waals surface area contributed by atoms with Gasteiger partial charge in [0.2, 0.25) is 0 Å². The maximum atomic E-state index is 12.9. The first-order valence-corrected chi connectivity index (χ1v) is 5.85. The fourth-order valence-corrected chi connectivity index (χ4v) is 2.26. The fraction of sp³-hybridized carbons (Fsp3) is 0.455. The molecule has 2 atom stereocenters. The van der Waals surface area contributed by atoms with Crippen LogP contribution in [0.5, 0.6) is 0 Å². The summed E-state index contributed by atoms with van der Waals surface area (Å²) in [4.78, 5) is 0. The van der Waals surface area contributed by atoms with Crippen LogP contribution in [0.15, 0.2) is 24.3 Å². The molecule has 0 bridgehead atoms. The summed E-state index contributed by atoms with van der Waals surface area (Å²) in [6.07, 6.45) is 1.26. The molecule has 0 saturated carbocycles. The van der Waals surface area contributed by atoms with Crippen molar-refractivity contribution in [2.75, 3.05) is 11.9 Å². The van der Waals surface area contributed by atoms with Gasteiger partial charge in [0.15, 0.2) is 0 Å². The molecular formula is C11H12BrFO. The van der Waals surface area contributed by atoms with Crippen molar-refractivity contribution < 1.29 is 9.13 Å². The van der Waals surface area contributed by atoms with Crippen molar-refractivity contribution in [3.05, 3.63) is 35.6 Å². The second-order valence-corrected chi connectivity index (χ2v) is 4.24. The first kappa shape index (κ1) is 10.1. The lowest BCUT2D eigenvalue weighted by Crippen LogP contribution is -2.05. The van der Waals surface area contributed by atoms with Gasteiger partial charge < -0.3 is 4.74 Å². The minimum Gasteiger partial charge on any atom is -0.377 e. The number of rotatable bonds is 2. The Morgan fingerprint density at radius 3 is 3.00 bits per heavy atom. The van der Waals surface area contributed by atoms with Gasteiger partial charge in [0, 0.05) is 11.2 Å². The van der Waals surface area contributed by atoms with Crippen LogP contribution in [0.1, 0.15) is 17.9 Å². The molecule has 0 unspecified atom stereocenters. The SMILES string of the molecule is Fc1cccc([C@@H]2CO[C@H](CBr)C2)c1. The van der Waals surface area contributed by atoms with Crippen LogP contribution in [0.4, 0.5) is 4.39 Å². The maximum absolute atomic E-state index is 12.9. The van der Waals surface area contributed by atoms with E-state index in [-0.39, 0.29) is 11.9 Å². The van der Waals surface area contributed by atoms with Crippen molar-refractivity contribution in [2.24, 2.45) is 0 Å². The molecular weight excluding hydrogens is 247 g/mol. The lowest BCUT2D eigenvalue weighted by molar-refractivity contribution is 0.127. The van der Waals surface area contributed by atoms with Gasteiger partial charge in [0.25, 0.3) is 0 Å². The van der Waals surface area contributed by atoms with Gasteiger partial charge in [-0.3, -0.25) is 0 Å². The standard InChI is InChI=1S/C11H12BrFO/c12-6-11-5-9(7-14-11)8-2-1-3-10(13)4-8/h1-4,9,11H,5-7H2/t9-,11-/m0/s1. The summed E-state index contributed by atoms with van der Waals surface area (Å²) >= 11 is 3.39. The summed E-state index contributed by atoms with van der Waals surface area (Å²) in [7, 11) is 0. The molecule has 1 aromatic rings. The Balaban J connectivity index is 2.09. The number of halogens is 2. The van der Waals surface area contributed by atoms with E-state index < -0.39 is 0 Å². The molecule has 0 N–H and O–H groups in total. The normalized spacial score (nSPS) is 26.7. The van der Waals surface area contributed by atoms with Crippen molar-refractivity contribution in [3.8, 4) is 0 Å². The van der Waals surface area contributed by atoms with Gasteiger partial charge in [-0.25, -0.2) is 4.39 Å². The van der Waals surface area contributed by atoms with E-state index in [2.05, 4.69) is 15.9 Å². The second-order valence-electron chi connectivity index (χ2n) is 3.60. The molecule has 1 saturated heterocycles. The average molecular weight is 259 g/mol. The van der Waals surface area contributed by atoms with Crippen LogP contribution >= 0.6 is 15.9 Å². The van der Waals surface area contributed by atoms with Crippen LogP contribution in [0.3, 0.4) is 0 Å². The Labute approximate surface area is 91.4 Å². The average Bonchev–Trinajstić information content (AvgIpc) is 2.66. The van der Waals surface area contributed by atoms with Crippen molar-refractivity contribution in [3.63, 3.8) is 0 Å². The molecule has 76 valence electrons. The van der Waals surface area contributed by atoms with E-state index in [0.717, 1.165) is 17.3 Å². The minimum absolute atomic E-state index is 0.162. The van der Waals surface area contributed by atoms with Gasteiger partial charge >= 0.3 is 0 Å². The fourth-order valence-electron chi connectivity index (χ4n) is 1.81. The number of ether oxygens (including phenoxy) is 1. The van der Waals surface area contributed by atoms with Gasteiger partial charge in [-0.2, -0.15) is 0 Å². The van der Waals surface area contributed by atoms with Crippen LogP contribution in [0.2, 0.25) is 0 Å². The van der Waals surface area contributed by atoms with Crippen LogP contribution in [0, 0.1) is 5.82 Å². The topological polar surface area (TPSA) is 9.23 Å². The molecule has 1 heterocycles. The summed E-state index contributed by atoms with van der Waals surface area (Å²) in [6.45, 7) is 0.708. The molecule has 0 radical (unpaired) electrons.